The number of fused-ring (bicyclic) bond motifs is 1. The quantitative estimate of drug-likeness (QED) is 0.450. The number of rotatable bonds is 4. The van der Waals surface area contributed by atoms with E-state index in [1.807, 2.05) is 24.3 Å². The van der Waals surface area contributed by atoms with Crippen molar-refractivity contribution in [2.24, 2.45) is 0 Å². The number of ether oxygens (including phenoxy) is 1. The Morgan fingerprint density at radius 1 is 1.16 bits per heavy atom. The number of benzene rings is 1. The molecule has 4 rings (SSSR count). The van der Waals surface area contributed by atoms with Crippen molar-refractivity contribution in [3.8, 4) is 17.0 Å². The fourth-order valence-electron chi connectivity index (χ4n) is 2.92. The molecule has 0 saturated carbocycles. The SMILES string of the molecule is COc1cccc(-c2ccc3c(N)c(C(=O)Nc4ccc(C(F)(F)F)cn4)sc3n2)c1. The lowest BCUT2D eigenvalue weighted by atomic mass is 10.1. The highest BCUT2D eigenvalue weighted by molar-refractivity contribution is 7.21. The second-order valence-electron chi connectivity index (χ2n) is 6.51. The van der Waals surface area contributed by atoms with Crippen molar-refractivity contribution in [1.29, 1.82) is 0 Å². The maximum Gasteiger partial charge on any atom is 0.417 e. The molecule has 158 valence electrons. The van der Waals surface area contributed by atoms with Crippen molar-refractivity contribution in [2.45, 2.75) is 6.18 Å². The van der Waals surface area contributed by atoms with Crippen molar-refractivity contribution in [2.75, 3.05) is 18.2 Å². The number of nitrogen functional groups attached to an aromatic ring is 1. The summed E-state index contributed by atoms with van der Waals surface area (Å²) in [6.45, 7) is 0. The van der Waals surface area contributed by atoms with Gasteiger partial charge in [-0.2, -0.15) is 13.2 Å². The van der Waals surface area contributed by atoms with Crippen LogP contribution in [0.5, 0.6) is 5.75 Å². The number of anilines is 2. The first-order chi connectivity index (χ1) is 14.8. The molecule has 10 heteroatoms. The molecule has 0 atom stereocenters. The van der Waals surface area contributed by atoms with E-state index in [-0.39, 0.29) is 16.4 Å². The van der Waals surface area contributed by atoms with Gasteiger partial charge >= 0.3 is 6.18 Å². The average Bonchev–Trinajstić information content (AvgIpc) is 3.09. The molecule has 0 spiro atoms. The number of nitrogens with two attached hydrogens (primary N) is 1. The minimum Gasteiger partial charge on any atom is -0.497 e. The zero-order chi connectivity index (χ0) is 22.2. The van der Waals surface area contributed by atoms with Crippen LogP contribution < -0.4 is 15.8 Å². The van der Waals surface area contributed by atoms with E-state index < -0.39 is 17.6 Å². The first-order valence-corrected chi connectivity index (χ1v) is 9.76. The van der Waals surface area contributed by atoms with Gasteiger partial charge in [0.15, 0.2) is 0 Å². The Balaban J connectivity index is 1.62. The predicted molar refractivity (Wildman–Crippen MR) is 113 cm³/mol. The number of carbonyl (C=O) groups excluding carboxylic acids is 1. The molecule has 4 aromatic rings. The first kappa shape index (κ1) is 20.6. The Morgan fingerprint density at radius 3 is 2.65 bits per heavy atom. The van der Waals surface area contributed by atoms with E-state index in [1.165, 1.54) is 0 Å². The summed E-state index contributed by atoms with van der Waals surface area (Å²) >= 11 is 1.09. The fraction of sp³-hybridized carbons (Fsp3) is 0.0952. The molecular weight excluding hydrogens is 429 g/mol. The van der Waals surface area contributed by atoms with E-state index in [4.69, 9.17) is 10.5 Å². The van der Waals surface area contributed by atoms with Crippen LogP contribution in [0.1, 0.15) is 15.2 Å². The molecule has 3 heterocycles. The number of amides is 1. The summed E-state index contributed by atoms with van der Waals surface area (Å²) in [5.74, 6) is 0.102. The van der Waals surface area contributed by atoms with Gasteiger partial charge in [0, 0.05) is 17.1 Å². The van der Waals surface area contributed by atoms with E-state index in [0.29, 0.717) is 27.9 Å². The third kappa shape index (κ3) is 4.15. The Hall–Kier alpha value is -3.66. The molecule has 0 saturated heterocycles. The van der Waals surface area contributed by atoms with Gasteiger partial charge in [-0.3, -0.25) is 4.79 Å². The molecule has 0 aliphatic heterocycles. The fourth-order valence-corrected chi connectivity index (χ4v) is 3.91. The first-order valence-electron chi connectivity index (χ1n) is 8.94. The second kappa shape index (κ2) is 7.88. The summed E-state index contributed by atoms with van der Waals surface area (Å²) in [6, 6.07) is 12.9. The number of hydrogen-bond donors (Lipinski definition) is 2. The standard InChI is InChI=1S/C21H15F3N4O2S/c1-30-13-4-2-3-11(9-13)15-7-6-14-17(25)18(31-20(14)27-15)19(29)28-16-8-5-12(10-26-16)21(22,23)24/h2-10H,25H2,1H3,(H,26,28,29). The highest BCUT2D eigenvalue weighted by Gasteiger charge is 2.30. The van der Waals surface area contributed by atoms with E-state index in [2.05, 4.69) is 15.3 Å². The monoisotopic (exact) mass is 444 g/mol. The summed E-state index contributed by atoms with van der Waals surface area (Å²) in [6.07, 6.45) is -3.84. The number of nitrogens with one attached hydrogen (secondary N) is 1. The Labute approximate surface area is 178 Å². The van der Waals surface area contributed by atoms with Crippen LogP contribution in [-0.2, 0) is 6.18 Å². The normalized spacial score (nSPS) is 11.5. The van der Waals surface area contributed by atoms with Gasteiger partial charge in [-0.05, 0) is 36.4 Å². The molecule has 0 aliphatic rings. The van der Waals surface area contributed by atoms with Crippen LogP contribution in [0.2, 0.25) is 0 Å². The maximum absolute atomic E-state index is 12.7. The number of hydrogen-bond acceptors (Lipinski definition) is 6. The van der Waals surface area contributed by atoms with Crippen molar-refractivity contribution >= 4 is 39.0 Å². The van der Waals surface area contributed by atoms with E-state index in [1.54, 1.807) is 19.2 Å². The summed E-state index contributed by atoms with van der Waals surface area (Å²) < 4.78 is 43.2. The molecule has 3 N–H and O–H groups in total. The number of nitrogens with zero attached hydrogens (tertiary/aromatic N) is 2. The molecule has 0 aliphatic carbocycles. The predicted octanol–water partition coefficient (Wildman–Crippen LogP) is 5.22. The van der Waals surface area contributed by atoms with Crippen LogP contribution in [-0.4, -0.2) is 23.0 Å². The van der Waals surface area contributed by atoms with Crippen molar-refractivity contribution in [3.05, 3.63) is 65.2 Å². The van der Waals surface area contributed by atoms with Crippen molar-refractivity contribution < 1.29 is 22.7 Å². The molecule has 0 unspecified atom stereocenters. The van der Waals surface area contributed by atoms with E-state index in [9.17, 15) is 18.0 Å². The molecule has 0 bridgehead atoms. The highest BCUT2D eigenvalue weighted by Crippen LogP contribution is 2.35. The molecule has 6 nitrogen and oxygen atoms in total. The number of thiophene rings is 1. The lowest BCUT2D eigenvalue weighted by Gasteiger charge is -2.07. The van der Waals surface area contributed by atoms with Crippen LogP contribution in [0.4, 0.5) is 24.7 Å². The zero-order valence-electron chi connectivity index (χ0n) is 16.0. The third-order valence-corrected chi connectivity index (χ3v) is 5.61. The lowest BCUT2D eigenvalue weighted by Crippen LogP contribution is -2.13. The molecule has 31 heavy (non-hydrogen) atoms. The Bertz CT molecular complexity index is 1270. The minimum absolute atomic E-state index is 0.0140. The van der Waals surface area contributed by atoms with Gasteiger partial charge in [0.25, 0.3) is 5.91 Å². The second-order valence-corrected chi connectivity index (χ2v) is 7.51. The summed E-state index contributed by atoms with van der Waals surface area (Å²) in [7, 11) is 1.58. The topological polar surface area (TPSA) is 90.1 Å². The van der Waals surface area contributed by atoms with Crippen LogP contribution in [0, 0.1) is 0 Å². The van der Waals surface area contributed by atoms with Gasteiger partial charge in [-0.25, -0.2) is 9.97 Å². The van der Waals surface area contributed by atoms with E-state index >= 15 is 0 Å². The molecule has 3 aromatic heterocycles. The van der Waals surface area contributed by atoms with Gasteiger partial charge < -0.3 is 15.8 Å². The molecule has 1 aromatic carbocycles. The minimum atomic E-state index is -4.50. The lowest BCUT2D eigenvalue weighted by molar-refractivity contribution is -0.137. The number of methoxy groups -OCH3 is 1. The smallest absolute Gasteiger partial charge is 0.417 e. The van der Waals surface area contributed by atoms with E-state index in [0.717, 1.165) is 29.0 Å². The molecular formula is C21H15F3N4O2S. The van der Waals surface area contributed by atoms with Gasteiger partial charge in [0.05, 0.1) is 24.1 Å². The van der Waals surface area contributed by atoms with Gasteiger partial charge in [0.2, 0.25) is 0 Å². The third-order valence-electron chi connectivity index (χ3n) is 4.50. The molecule has 0 fully saturated rings. The van der Waals surface area contributed by atoms with Crippen LogP contribution in [0.15, 0.2) is 54.7 Å². The Kier molecular flexibility index (Phi) is 5.24. The van der Waals surface area contributed by atoms with Gasteiger partial charge in [0.1, 0.15) is 21.3 Å². The molecule has 0 radical (unpaired) electrons. The van der Waals surface area contributed by atoms with Crippen molar-refractivity contribution in [1.82, 2.24) is 9.97 Å². The van der Waals surface area contributed by atoms with Crippen molar-refractivity contribution in [3.63, 3.8) is 0 Å². The summed E-state index contributed by atoms with van der Waals surface area (Å²) in [4.78, 5) is 21.6. The summed E-state index contributed by atoms with van der Waals surface area (Å²) in [5, 5.41) is 3.08. The largest absolute Gasteiger partial charge is 0.497 e. The zero-order valence-corrected chi connectivity index (χ0v) is 16.8. The van der Waals surface area contributed by atoms with Crippen LogP contribution in [0.3, 0.4) is 0 Å². The number of pyridine rings is 2. The van der Waals surface area contributed by atoms with Crippen LogP contribution >= 0.6 is 11.3 Å². The number of alkyl halides is 3. The summed E-state index contributed by atoms with van der Waals surface area (Å²) in [5.41, 5.74) is 7.00. The highest BCUT2D eigenvalue weighted by atomic mass is 32.1. The van der Waals surface area contributed by atoms with Crippen LogP contribution in [0.25, 0.3) is 21.5 Å². The number of carbonyl (C=O) groups is 1. The van der Waals surface area contributed by atoms with Gasteiger partial charge in [-0.1, -0.05) is 12.1 Å². The number of halogens is 3. The average molecular weight is 444 g/mol. The number of aromatic nitrogens is 2. The Morgan fingerprint density at radius 2 is 1.97 bits per heavy atom. The maximum atomic E-state index is 12.7. The molecule has 1 amide bonds. The van der Waals surface area contributed by atoms with Gasteiger partial charge in [-0.15, -0.1) is 11.3 Å².